The number of hydrogen-bond acceptors (Lipinski definition) is 4. The zero-order valence-corrected chi connectivity index (χ0v) is 18.8. The first-order valence-corrected chi connectivity index (χ1v) is 11.9. The number of thiophene rings is 1. The van der Waals surface area contributed by atoms with Crippen LogP contribution >= 0.6 is 11.3 Å². The molecule has 7 aromatic rings. The van der Waals surface area contributed by atoms with Gasteiger partial charge in [-0.3, -0.25) is 4.57 Å². The normalized spacial score (nSPS) is 11.5. The first-order chi connectivity index (χ1) is 16.8. The van der Waals surface area contributed by atoms with Crippen molar-refractivity contribution in [3.8, 4) is 23.0 Å². The minimum atomic E-state index is 0.762. The van der Waals surface area contributed by atoms with E-state index in [9.17, 15) is 0 Å². The first-order valence-electron chi connectivity index (χ1n) is 11.0. The smallest absolute Gasteiger partial charge is 0.137 e. The predicted molar refractivity (Wildman–Crippen MR) is 138 cm³/mol. The van der Waals surface area contributed by atoms with E-state index in [1.165, 1.54) is 10.8 Å². The van der Waals surface area contributed by atoms with Gasteiger partial charge in [0.05, 0.1) is 22.9 Å². The van der Waals surface area contributed by atoms with Crippen LogP contribution in [0.5, 0.6) is 11.5 Å². The van der Waals surface area contributed by atoms with Gasteiger partial charge in [-0.25, -0.2) is 9.67 Å². The van der Waals surface area contributed by atoms with Crippen LogP contribution in [0, 0.1) is 0 Å². The number of benzene rings is 3. The monoisotopic (exact) mass is 458 g/mol. The number of aromatic nitrogens is 4. The SMILES string of the molecule is c1ccc(-n2c3ccccc3c3ccc(Oc4cccc(-n5ncc6ccsc65)c4)cc32)nc1. The Hall–Kier alpha value is -4.42. The highest BCUT2D eigenvalue weighted by molar-refractivity contribution is 7.16. The third-order valence-electron chi connectivity index (χ3n) is 6.00. The summed E-state index contributed by atoms with van der Waals surface area (Å²) in [5.74, 6) is 2.41. The van der Waals surface area contributed by atoms with Crippen molar-refractivity contribution >= 4 is 43.4 Å². The van der Waals surface area contributed by atoms with E-state index in [2.05, 4.69) is 62.5 Å². The summed E-state index contributed by atoms with van der Waals surface area (Å²) in [6, 6.07) is 30.7. The predicted octanol–water partition coefficient (Wildman–Crippen LogP) is 7.37. The molecule has 0 spiro atoms. The summed E-state index contributed by atoms with van der Waals surface area (Å²) in [5.41, 5.74) is 3.15. The molecular formula is C28H18N4OS. The molecule has 5 nitrogen and oxygen atoms in total. The molecule has 0 amide bonds. The molecule has 0 saturated heterocycles. The third-order valence-corrected chi connectivity index (χ3v) is 6.90. The Labute approximate surface area is 199 Å². The summed E-state index contributed by atoms with van der Waals surface area (Å²) >= 11 is 1.68. The van der Waals surface area contributed by atoms with Gasteiger partial charge in [0.1, 0.15) is 22.1 Å². The second kappa shape index (κ2) is 7.57. The average molecular weight is 459 g/mol. The number of hydrogen-bond donors (Lipinski definition) is 0. The van der Waals surface area contributed by atoms with E-state index in [0.29, 0.717) is 0 Å². The Kier molecular flexibility index (Phi) is 4.25. The number of fused-ring (bicyclic) bond motifs is 4. The van der Waals surface area contributed by atoms with E-state index >= 15 is 0 Å². The van der Waals surface area contributed by atoms with E-state index in [1.54, 1.807) is 11.3 Å². The van der Waals surface area contributed by atoms with Crippen molar-refractivity contribution < 1.29 is 4.74 Å². The topological polar surface area (TPSA) is 44.9 Å². The van der Waals surface area contributed by atoms with Crippen LogP contribution in [0.1, 0.15) is 0 Å². The summed E-state index contributed by atoms with van der Waals surface area (Å²) < 4.78 is 10.5. The van der Waals surface area contributed by atoms with E-state index in [1.807, 2.05) is 65.6 Å². The Bertz CT molecular complexity index is 1800. The molecular weight excluding hydrogens is 440 g/mol. The lowest BCUT2D eigenvalue weighted by Gasteiger charge is -2.10. The Morgan fingerprint density at radius 3 is 2.56 bits per heavy atom. The van der Waals surface area contributed by atoms with Crippen molar-refractivity contribution in [2.75, 3.05) is 0 Å². The second-order valence-electron chi connectivity index (χ2n) is 8.06. The van der Waals surface area contributed by atoms with Crippen molar-refractivity contribution in [2.45, 2.75) is 0 Å². The molecule has 0 saturated carbocycles. The molecule has 0 radical (unpaired) electrons. The molecule has 6 heteroatoms. The number of pyridine rings is 1. The third kappa shape index (κ3) is 3.00. The van der Waals surface area contributed by atoms with Crippen LogP contribution in [0.25, 0.3) is 43.5 Å². The average Bonchev–Trinajstić information content (AvgIpc) is 3.58. The van der Waals surface area contributed by atoms with Gasteiger partial charge in [-0.1, -0.05) is 30.3 Å². The molecule has 34 heavy (non-hydrogen) atoms. The molecule has 3 aromatic carbocycles. The fourth-order valence-corrected chi connectivity index (χ4v) is 5.35. The van der Waals surface area contributed by atoms with Crippen molar-refractivity contribution in [2.24, 2.45) is 0 Å². The largest absolute Gasteiger partial charge is 0.457 e. The molecule has 7 rings (SSSR count). The van der Waals surface area contributed by atoms with Gasteiger partial charge in [0.2, 0.25) is 0 Å². The molecule has 4 aromatic heterocycles. The second-order valence-corrected chi connectivity index (χ2v) is 8.95. The van der Waals surface area contributed by atoms with Gasteiger partial charge in [0.15, 0.2) is 0 Å². The van der Waals surface area contributed by atoms with Gasteiger partial charge in [-0.05, 0) is 53.9 Å². The molecule has 0 aliphatic rings. The van der Waals surface area contributed by atoms with Crippen LogP contribution in [0.3, 0.4) is 0 Å². The van der Waals surface area contributed by atoms with Gasteiger partial charge >= 0.3 is 0 Å². The van der Waals surface area contributed by atoms with Crippen molar-refractivity contribution in [3.05, 3.63) is 109 Å². The summed E-state index contributed by atoms with van der Waals surface area (Å²) in [4.78, 5) is 5.73. The number of para-hydroxylation sites is 1. The highest BCUT2D eigenvalue weighted by Crippen LogP contribution is 2.35. The zero-order valence-electron chi connectivity index (χ0n) is 18.0. The molecule has 0 atom stereocenters. The zero-order chi connectivity index (χ0) is 22.5. The molecule has 0 aliphatic heterocycles. The lowest BCUT2D eigenvalue weighted by Crippen LogP contribution is -1.97. The van der Waals surface area contributed by atoms with E-state index < -0.39 is 0 Å². The number of nitrogens with zero attached hydrogens (tertiary/aromatic N) is 4. The molecule has 0 aliphatic carbocycles. The Balaban J connectivity index is 1.33. The molecule has 0 bridgehead atoms. The van der Waals surface area contributed by atoms with Gasteiger partial charge in [-0.15, -0.1) is 11.3 Å². The van der Waals surface area contributed by atoms with Crippen molar-refractivity contribution in [1.82, 2.24) is 19.3 Å². The number of ether oxygens (including phenoxy) is 1. The highest BCUT2D eigenvalue weighted by Gasteiger charge is 2.14. The van der Waals surface area contributed by atoms with E-state index in [0.717, 1.165) is 44.3 Å². The summed E-state index contributed by atoms with van der Waals surface area (Å²) in [6.07, 6.45) is 3.71. The summed E-state index contributed by atoms with van der Waals surface area (Å²) in [5, 5.41) is 10.1. The Morgan fingerprint density at radius 1 is 0.735 bits per heavy atom. The molecule has 162 valence electrons. The van der Waals surface area contributed by atoms with E-state index in [4.69, 9.17) is 4.74 Å². The maximum atomic E-state index is 6.33. The van der Waals surface area contributed by atoms with Gasteiger partial charge in [-0.2, -0.15) is 5.10 Å². The van der Waals surface area contributed by atoms with Gasteiger partial charge < -0.3 is 4.74 Å². The van der Waals surface area contributed by atoms with Crippen LogP contribution < -0.4 is 4.74 Å². The fourth-order valence-electron chi connectivity index (χ4n) is 4.50. The van der Waals surface area contributed by atoms with Crippen LogP contribution in [-0.4, -0.2) is 19.3 Å². The quantitative estimate of drug-likeness (QED) is 0.277. The van der Waals surface area contributed by atoms with Crippen LogP contribution in [-0.2, 0) is 0 Å². The standard InChI is InChI=1S/C28H18N4OS/c1-2-9-25-23(8-1)24-12-11-22(17-26(24)31(25)27-10-3-4-14-29-27)33-21-7-5-6-20(16-21)32-28-19(18-30-32)13-15-34-28/h1-18H. The van der Waals surface area contributed by atoms with Crippen LogP contribution in [0.4, 0.5) is 0 Å². The fraction of sp³-hybridized carbons (Fsp3) is 0. The minimum Gasteiger partial charge on any atom is -0.457 e. The lowest BCUT2D eigenvalue weighted by molar-refractivity contribution is 0.483. The van der Waals surface area contributed by atoms with Gasteiger partial charge in [0, 0.05) is 34.5 Å². The summed E-state index contributed by atoms with van der Waals surface area (Å²) in [6.45, 7) is 0. The van der Waals surface area contributed by atoms with Crippen LogP contribution in [0.15, 0.2) is 109 Å². The van der Waals surface area contributed by atoms with Crippen molar-refractivity contribution in [1.29, 1.82) is 0 Å². The molecule has 0 N–H and O–H groups in total. The lowest BCUT2D eigenvalue weighted by atomic mass is 10.1. The highest BCUT2D eigenvalue weighted by atomic mass is 32.1. The molecule has 4 heterocycles. The first kappa shape index (κ1) is 19.1. The maximum Gasteiger partial charge on any atom is 0.137 e. The van der Waals surface area contributed by atoms with Crippen LogP contribution in [0.2, 0.25) is 0 Å². The molecule has 0 unspecified atom stereocenters. The van der Waals surface area contributed by atoms with Crippen molar-refractivity contribution in [3.63, 3.8) is 0 Å². The summed E-state index contributed by atoms with van der Waals surface area (Å²) in [7, 11) is 0. The number of rotatable bonds is 4. The molecule has 0 fully saturated rings. The van der Waals surface area contributed by atoms with E-state index in [-0.39, 0.29) is 0 Å². The van der Waals surface area contributed by atoms with Gasteiger partial charge in [0.25, 0.3) is 0 Å². The Morgan fingerprint density at radius 2 is 1.62 bits per heavy atom. The minimum absolute atomic E-state index is 0.762. The maximum absolute atomic E-state index is 6.33.